The molecule has 21 heavy (non-hydrogen) atoms. The van der Waals surface area contributed by atoms with E-state index in [0.29, 0.717) is 0 Å². The third kappa shape index (κ3) is 2.56. The van der Waals surface area contributed by atoms with Gasteiger partial charge in [0.25, 0.3) is 0 Å². The van der Waals surface area contributed by atoms with Crippen LogP contribution in [0.5, 0.6) is 0 Å². The summed E-state index contributed by atoms with van der Waals surface area (Å²) in [6, 6.07) is 4.20. The fourth-order valence-corrected chi connectivity index (χ4v) is 3.89. The van der Waals surface area contributed by atoms with Gasteiger partial charge < -0.3 is 10.2 Å². The third-order valence-corrected chi connectivity index (χ3v) is 5.19. The van der Waals surface area contributed by atoms with E-state index < -0.39 is 0 Å². The smallest absolute Gasteiger partial charge is 0.171 e. The molecular formula is C16H20N4S. The molecule has 0 unspecified atom stereocenters. The topological polar surface area (TPSA) is 41.1 Å². The zero-order chi connectivity index (χ0) is 14.1. The Morgan fingerprint density at radius 1 is 1.10 bits per heavy atom. The molecule has 2 aromatic heterocycles. The highest BCUT2D eigenvalue weighted by atomic mass is 32.1. The standard InChI is InChI=1S/C16H20N4S/c1-2-5-13-12(4-1)16(20-9-7-17-8-10-20)19-15(18-13)14-6-3-11-21-14/h3,6,11,17H,1-2,4-5,7-10H2. The molecule has 3 heterocycles. The number of fused-ring (bicyclic) bond motifs is 1. The van der Waals surface area contributed by atoms with Gasteiger partial charge in [0, 0.05) is 37.4 Å². The Hall–Kier alpha value is -1.46. The van der Waals surface area contributed by atoms with Crippen molar-refractivity contribution in [1.29, 1.82) is 0 Å². The van der Waals surface area contributed by atoms with Gasteiger partial charge in [-0.15, -0.1) is 11.3 Å². The van der Waals surface area contributed by atoms with Crippen LogP contribution < -0.4 is 10.2 Å². The Labute approximate surface area is 129 Å². The van der Waals surface area contributed by atoms with E-state index in [4.69, 9.17) is 9.97 Å². The van der Waals surface area contributed by atoms with Gasteiger partial charge in [-0.1, -0.05) is 6.07 Å². The van der Waals surface area contributed by atoms with Crippen molar-refractivity contribution in [2.24, 2.45) is 0 Å². The van der Waals surface area contributed by atoms with Gasteiger partial charge in [-0.3, -0.25) is 0 Å². The Kier molecular flexibility index (Phi) is 3.61. The minimum absolute atomic E-state index is 0.916. The molecule has 0 atom stereocenters. The molecule has 0 saturated carbocycles. The second kappa shape index (κ2) is 5.73. The van der Waals surface area contributed by atoms with Gasteiger partial charge in [-0.2, -0.15) is 0 Å². The zero-order valence-electron chi connectivity index (χ0n) is 12.1. The zero-order valence-corrected chi connectivity index (χ0v) is 13.0. The van der Waals surface area contributed by atoms with Crippen LogP contribution in [0.25, 0.3) is 10.7 Å². The molecule has 0 aromatic carbocycles. The maximum Gasteiger partial charge on any atom is 0.171 e. The number of hydrogen-bond donors (Lipinski definition) is 1. The van der Waals surface area contributed by atoms with Crippen molar-refractivity contribution in [2.75, 3.05) is 31.1 Å². The first-order valence-corrected chi connectivity index (χ1v) is 8.69. The summed E-state index contributed by atoms with van der Waals surface area (Å²) in [7, 11) is 0. The van der Waals surface area contributed by atoms with Crippen LogP contribution in [0.15, 0.2) is 17.5 Å². The second-order valence-electron chi connectivity index (χ2n) is 5.72. The molecule has 110 valence electrons. The minimum Gasteiger partial charge on any atom is -0.354 e. The lowest BCUT2D eigenvalue weighted by atomic mass is 9.96. The predicted octanol–water partition coefficient (Wildman–Crippen LogP) is 2.49. The van der Waals surface area contributed by atoms with Crippen LogP contribution in [0.1, 0.15) is 24.1 Å². The molecule has 5 heteroatoms. The minimum atomic E-state index is 0.916. The predicted molar refractivity (Wildman–Crippen MR) is 87.1 cm³/mol. The third-order valence-electron chi connectivity index (χ3n) is 4.32. The SMILES string of the molecule is c1csc(-c2nc3c(c(N4CCNCC4)n2)CCCC3)c1. The summed E-state index contributed by atoms with van der Waals surface area (Å²) in [6.07, 6.45) is 4.78. The number of aromatic nitrogens is 2. The summed E-state index contributed by atoms with van der Waals surface area (Å²) in [5, 5.41) is 5.52. The molecule has 1 aliphatic carbocycles. The molecule has 2 aromatic rings. The van der Waals surface area contributed by atoms with Crippen molar-refractivity contribution in [3.8, 4) is 10.7 Å². The summed E-state index contributed by atoms with van der Waals surface area (Å²) in [5.41, 5.74) is 2.69. The first kappa shape index (κ1) is 13.2. The number of nitrogens with zero attached hydrogens (tertiary/aromatic N) is 3. The Bertz CT molecular complexity index is 617. The summed E-state index contributed by atoms with van der Waals surface area (Å²) < 4.78 is 0. The number of hydrogen-bond acceptors (Lipinski definition) is 5. The van der Waals surface area contributed by atoms with Crippen molar-refractivity contribution in [3.05, 3.63) is 28.8 Å². The van der Waals surface area contributed by atoms with Gasteiger partial charge in [-0.05, 0) is 37.1 Å². The number of anilines is 1. The van der Waals surface area contributed by atoms with Gasteiger partial charge in [0.1, 0.15) is 5.82 Å². The van der Waals surface area contributed by atoms with E-state index in [-0.39, 0.29) is 0 Å². The summed E-state index contributed by atoms with van der Waals surface area (Å²) in [5.74, 6) is 2.11. The summed E-state index contributed by atoms with van der Waals surface area (Å²) >= 11 is 1.73. The van der Waals surface area contributed by atoms with Gasteiger partial charge in [-0.25, -0.2) is 9.97 Å². The largest absolute Gasteiger partial charge is 0.354 e. The number of thiophene rings is 1. The molecule has 1 fully saturated rings. The van der Waals surface area contributed by atoms with Gasteiger partial charge in [0.05, 0.1) is 4.88 Å². The molecule has 1 aliphatic heterocycles. The lowest BCUT2D eigenvalue weighted by Crippen LogP contribution is -2.44. The molecule has 4 nitrogen and oxygen atoms in total. The van der Waals surface area contributed by atoms with E-state index in [2.05, 4.69) is 27.7 Å². The number of piperazine rings is 1. The van der Waals surface area contributed by atoms with Gasteiger partial charge in [0.15, 0.2) is 5.82 Å². The van der Waals surface area contributed by atoms with Crippen molar-refractivity contribution in [3.63, 3.8) is 0 Å². The molecule has 1 N–H and O–H groups in total. The van der Waals surface area contributed by atoms with E-state index in [1.165, 1.54) is 34.8 Å². The molecule has 1 saturated heterocycles. The van der Waals surface area contributed by atoms with Crippen LogP contribution >= 0.6 is 11.3 Å². The van der Waals surface area contributed by atoms with Crippen molar-refractivity contribution in [2.45, 2.75) is 25.7 Å². The summed E-state index contributed by atoms with van der Waals surface area (Å²) in [4.78, 5) is 13.4. The normalized spacial score (nSPS) is 18.6. The highest BCUT2D eigenvalue weighted by Crippen LogP contribution is 2.32. The number of aryl methyl sites for hydroxylation is 1. The fourth-order valence-electron chi connectivity index (χ4n) is 3.23. The van der Waals surface area contributed by atoms with Crippen LogP contribution in [0.3, 0.4) is 0 Å². The van der Waals surface area contributed by atoms with Crippen LogP contribution in [-0.4, -0.2) is 36.1 Å². The lowest BCUT2D eigenvalue weighted by molar-refractivity contribution is 0.577. The van der Waals surface area contributed by atoms with E-state index >= 15 is 0 Å². The molecule has 0 spiro atoms. The Balaban J connectivity index is 1.80. The lowest BCUT2D eigenvalue weighted by Gasteiger charge is -2.32. The molecule has 4 rings (SSSR count). The van der Waals surface area contributed by atoms with Crippen molar-refractivity contribution >= 4 is 17.2 Å². The molecule has 2 aliphatic rings. The second-order valence-corrected chi connectivity index (χ2v) is 6.67. The van der Waals surface area contributed by atoms with E-state index in [1.54, 1.807) is 11.3 Å². The maximum atomic E-state index is 4.95. The van der Waals surface area contributed by atoms with Crippen LogP contribution in [0, 0.1) is 0 Å². The van der Waals surface area contributed by atoms with Crippen LogP contribution in [0.4, 0.5) is 5.82 Å². The highest BCUT2D eigenvalue weighted by molar-refractivity contribution is 7.13. The number of nitrogens with one attached hydrogen (secondary N) is 1. The van der Waals surface area contributed by atoms with Crippen LogP contribution in [0.2, 0.25) is 0 Å². The van der Waals surface area contributed by atoms with Gasteiger partial charge >= 0.3 is 0 Å². The molecule has 0 radical (unpaired) electrons. The highest BCUT2D eigenvalue weighted by Gasteiger charge is 2.23. The van der Waals surface area contributed by atoms with Gasteiger partial charge in [0.2, 0.25) is 0 Å². The quantitative estimate of drug-likeness (QED) is 0.925. The Morgan fingerprint density at radius 2 is 1.95 bits per heavy atom. The summed E-state index contributed by atoms with van der Waals surface area (Å²) in [6.45, 7) is 4.20. The fraction of sp³-hybridized carbons (Fsp3) is 0.500. The van der Waals surface area contributed by atoms with E-state index in [1.807, 2.05) is 0 Å². The average Bonchev–Trinajstić information content (AvgIpc) is 3.09. The number of rotatable bonds is 2. The Morgan fingerprint density at radius 3 is 2.76 bits per heavy atom. The van der Waals surface area contributed by atoms with Crippen LogP contribution in [-0.2, 0) is 12.8 Å². The molecule has 0 bridgehead atoms. The van der Waals surface area contributed by atoms with E-state index in [0.717, 1.165) is 44.8 Å². The first-order valence-electron chi connectivity index (χ1n) is 7.81. The van der Waals surface area contributed by atoms with Crippen molar-refractivity contribution < 1.29 is 0 Å². The maximum absolute atomic E-state index is 4.95. The average molecular weight is 300 g/mol. The van der Waals surface area contributed by atoms with Crippen molar-refractivity contribution in [1.82, 2.24) is 15.3 Å². The first-order chi connectivity index (χ1) is 10.4. The monoisotopic (exact) mass is 300 g/mol. The molecular weight excluding hydrogens is 280 g/mol. The molecule has 0 amide bonds. The van der Waals surface area contributed by atoms with E-state index in [9.17, 15) is 0 Å².